The molecule has 0 saturated carbocycles. The number of fused-ring (bicyclic) bond motifs is 1. The van der Waals surface area contributed by atoms with Crippen LogP contribution in [0.5, 0.6) is 5.75 Å². The molecule has 0 aliphatic rings. The number of rotatable bonds is 5. The Hall–Kier alpha value is -2.89. The van der Waals surface area contributed by atoms with Crippen molar-refractivity contribution in [2.45, 2.75) is 0 Å². The van der Waals surface area contributed by atoms with Crippen molar-refractivity contribution >= 4 is 29.0 Å². The van der Waals surface area contributed by atoms with Crippen molar-refractivity contribution in [2.24, 2.45) is 0 Å². The van der Waals surface area contributed by atoms with Crippen LogP contribution in [0.25, 0.3) is 10.8 Å². The first-order valence-corrected chi connectivity index (χ1v) is 6.40. The van der Waals surface area contributed by atoms with Crippen molar-refractivity contribution in [1.29, 1.82) is 0 Å². The molecule has 6 heteroatoms. The molecule has 0 fully saturated rings. The second-order valence-corrected chi connectivity index (χ2v) is 4.39. The van der Waals surface area contributed by atoms with E-state index in [-0.39, 0.29) is 12.4 Å². The van der Waals surface area contributed by atoms with E-state index in [1.807, 2.05) is 0 Å². The number of hydrogen-bond donors (Lipinski definition) is 0. The van der Waals surface area contributed by atoms with Crippen LogP contribution in [0.15, 0.2) is 30.3 Å². The van der Waals surface area contributed by atoms with Crippen LogP contribution in [0, 0.1) is 0 Å². The number of ether oxygens (including phenoxy) is 3. The van der Waals surface area contributed by atoms with Gasteiger partial charge in [-0.15, -0.1) is 0 Å². The van der Waals surface area contributed by atoms with Gasteiger partial charge in [-0.05, 0) is 29.0 Å². The van der Waals surface area contributed by atoms with Crippen molar-refractivity contribution < 1.29 is 28.6 Å². The Bertz CT molecular complexity index is 735. The molecule has 0 saturated heterocycles. The molecule has 0 aliphatic carbocycles. The SMILES string of the molecule is COC(=O)COc1ccc2cc(C(=O)OC)ccc2c1C=O. The van der Waals surface area contributed by atoms with Crippen LogP contribution in [-0.2, 0) is 14.3 Å². The summed E-state index contributed by atoms with van der Waals surface area (Å²) in [5.41, 5.74) is 0.688. The fraction of sp³-hybridized carbons (Fsp3) is 0.188. The highest BCUT2D eigenvalue weighted by molar-refractivity contribution is 6.03. The summed E-state index contributed by atoms with van der Waals surface area (Å²) in [4.78, 5) is 34.0. The highest BCUT2D eigenvalue weighted by Gasteiger charge is 2.12. The van der Waals surface area contributed by atoms with Gasteiger partial charge in [0, 0.05) is 0 Å². The monoisotopic (exact) mass is 302 g/mol. The third-order valence-corrected chi connectivity index (χ3v) is 3.13. The van der Waals surface area contributed by atoms with Crippen molar-refractivity contribution in [2.75, 3.05) is 20.8 Å². The van der Waals surface area contributed by atoms with Crippen molar-refractivity contribution in [3.05, 3.63) is 41.5 Å². The molecule has 2 aromatic rings. The Kier molecular flexibility index (Phi) is 4.73. The van der Waals surface area contributed by atoms with Crippen LogP contribution < -0.4 is 4.74 Å². The summed E-state index contributed by atoms with van der Waals surface area (Å²) in [6.07, 6.45) is 0.646. The van der Waals surface area contributed by atoms with Gasteiger partial charge in [-0.25, -0.2) is 9.59 Å². The maximum Gasteiger partial charge on any atom is 0.343 e. The number of carbonyl (C=O) groups excluding carboxylic acids is 3. The predicted molar refractivity (Wildman–Crippen MR) is 78.2 cm³/mol. The van der Waals surface area contributed by atoms with E-state index in [0.29, 0.717) is 28.2 Å². The van der Waals surface area contributed by atoms with Gasteiger partial charge in [0.25, 0.3) is 0 Å². The number of benzene rings is 2. The van der Waals surface area contributed by atoms with E-state index in [1.54, 1.807) is 30.3 Å². The van der Waals surface area contributed by atoms with E-state index in [2.05, 4.69) is 9.47 Å². The zero-order valence-corrected chi connectivity index (χ0v) is 12.1. The second kappa shape index (κ2) is 6.71. The Labute approximate surface area is 126 Å². The Morgan fingerprint density at radius 3 is 2.50 bits per heavy atom. The largest absolute Gasteiger partial charge is 0.481 e. The third-order valence-electron chi connectivity index (χ3n) is 3.13. The molecule has 114 valence electrons. The van der Waals surface area contributed by atoms with Crippen LogP contribution in [0.1, 0.15) is 20.7 Å². The minimum absolute atomic E-state index is 0.277. The van der Waals surface area contributed by atoms with Crippen molar-refractivity contribution in [1.82, 2.24) is 0 Å². The highest BCUT2D eigenvalue weighted by atomic mass is 16.6. The Morgan fingerprint density at radius 1 is 1.09 bits per heavy atom. The molecule has 0 unspecified atom stereocenters. The van der Waals surface area contributed by atoms with Crippen LogP contribution >= 0.6 is 0 Å². The summed E-state index contributed by atoms with van der Waals surface area (Å²) >= 11 is 0. The summed E-state index contributed by atoms with van der Waals surface area (Å²) in [5, 5.41) is 1.31. The van der Waals surface area contributed by atoms with Gasteiger partial charge < -0.3 is 14.2 Å². The first-order chi connectivity index (χ1) is 10.6. The van der Waals surface area contributed by atoms with Crippen LogP contribution in [0.3, 0.4) is 0 Å². The van der Waals surface area contributed by atoms with Gasteiger partial charge in [0.1, 0.15) is 5.75 Å². The fourth-order valence-corrected chi connectivity index (χ4v) is 2.02. The van der Waals surface area contributed by atoms with Crippen molar-refractivity contribution in [3.8, 4) is 5.75 Å². The summed E-state index contributed by atoms with van der Waals surface area (Å²) in [6.45, 7) is -0.289. The molecular weight excluding hydrogens is 288 g/mol. The molecule has 0 N–H and O–H groups in total. The van der Waals surface area contributed by atoms with E-state index in [1.165, 1.54) is 14.2 Å². The molecule has 0 aliphatic heterocycles. The lowest BCUT2D eigenvalue weighted by atomic mass is 10.0. The first-order valence-electron chi connectivity index (χ1n) is 6.40. The van der Waals surface area contributed by atoms with Gasteiger partial charge in [-0.3, -0.25) is 4.79 Å². The van der Waals surface area contributed by atoms with E-state index >= 15 is 0 Å². The van der Waals surface area contributed by atoms with Crippen LogP contribution in [0.2, 0.25) is 0 Å². The van der Waals surface area contributed by atoms with E-state index < -0.39 is 11.9 Å². The Morgan fingerprint density at radius 2 is 1.86 bits per heavy atom. The number of hydrogen-bond acceptors (Lipinski definition) is 6. The van der Waals surface area contributed by atoms with Gasteiger partial charge in [-0.2, -0.15) is 0 Å². The molecule has 0 aromatic heterocycles. The van der Waals surface area contributed by atoms with Gasteiger partial charge in [0.05, 0.1) is 25.3 Å². The molecule has 0 radical (unpaired) electrons. The molecule has 2 rings (SSSR count). The lowest BCUT2D eigenvalue weighted by Crippen LogP contribution is -2.13. The fourth-order valence-electron chi connectivity index (χ4n) is 2.02. The molecule has 0 bridgehead atoms. The average molecular weight is 302 g/mol. The predicted octanol–water partition coefficient (Wildman–Crippen LogP) is 1.99. The Balaban J connectivity index is 2.43. The molecule has 6 nitrogen and oxygen atoms in total. The van der Waals surface area contributed by atoms with Gasteiger partial charge in [0.2, 0.25) is 0 Å². The number of methoxy groups -OCH3 is 2. The quantitative estimate of drug-likeness (QED) is 0.621. The second-order valence-electron chi connectivity index (χ2n) is 4.39. The van der Waals surface area contributed by atoms with E-state index in [0.717, 1.165) is 0 Å². The number of carbonyl (C=O) groups is 3. The van der Waals surface area contributed by atoms with Gasteiger partial charge in [0.15, 0.2) is 12.9 Å². The van der Waals surface area contributed by atoms with Gasteiger partial charge >= 0.3 is 11.9 Å². The van der Waals surface area contributed by atoms with E-state index in [9.17, 15) is 14.4 Å². The molecule has 22 heavy (non-hydrogen) atoms. The van der Waals surface area contributed by atoms with E-state index in [4.69, 9.17) is 4.74 Å². The summed E-state index contributed by atoms with van der Waals surface area (Å²) in [6, 6.07) is 8.08. The lowest BCUT2D eigenvalue weighted by molar-refractivity contribution is -0.142. The molecule has 0 atom stereocenters. The van der Waals surface area contributed by atoms with Crippen LogP contribution in [-0.4, -0.2) is 39.1 Å². The standard InChI is InChI=1S/C16H14O6/c1-20-15(18)9-22-14-6-4-10-7-11(16(19)21-2)3-5-12(10)13(14)8-17/h3-8H,9H2,1-2H3. The van der Waals surface area contributed by atoms with Gasteiger partial charge in [-0.1, -0.05) is 12.1 Å². The zero-order chi connectivity index (χ0) is 16.1. The number of esters is 2. The topological polar surface area (TPSA) is 78.9 Å². The normalized spacial score (nSPS) is 10.1. The molecule has 2 aromatic carbocycles. The van der Waals surface area contributed by atoms with Crippen LogP contribution in [0.4, 0.5) is 0 Å². The maximum atomic E-state index is 11.5. The average Bonchev–Trinajstić information content (AvgIpc) is 2.57. The molecular formula is C16H14O6. The summed E-state index contributed by atoms with van der Waals surface area (Å²) in [5.74, 6) is -0.725. The maximum absolute atomic E-state index is 11.5. The molecule has 0 amide bonds. The number of aldehydes is 1. The zero-order valence-electron chi connectivity index (χ0n) is 12.1. The molecule has 0 heterocycles. The highest BCUT2D eigenvalue weighted by Crippen LogP contribution is 2.27. The lowest BCUT2D eigenvalue weighted by Gasteiger charge is -2.10. The summed E-state index contributed by atoms with van der Waals surface area (Å²) < 4.78 is 14.4. The molecule has 0 spiro atoms. The smallest absolute Gasteiger partial charge is 0.343 e. The third kappa shape index (κ3) is 3.06. The minimum atomic E-state index is -0.544. The minimum Gasteiger partial charge on any atom is -0.481 e. The summed E-state index contributed by atoms with van der Waals surface area (Å²) in [7, 11) is 2.55. The van der Waals surface area contributed by atoms with Crippen molar-refractivity contribution in [3.63, 3.8) is 0 Å². The first kappa shape index (κ1) is 15.5.